The van der Waals surface area contributed by atoms with Gasteiger partial charge in [0.2, 0.25) is 0 Å². The normalized spacial score (nSPS) is 19.2. The van der Waals surface area contributed by atoms with Crippen molar-refractivity contribution < 1.29 is 5.11 Å². The number of nitrogens with zero attached hydrogens (tertiary/aromatic N) is 2. The maximum Gasteiger partial charge on any atom is 0.117 e. The SMILES string of the molecule is CC(C)/C=C(/C#N)N1CC(O)C1. The van der Waals surface area contributed by atoms with E-state index in [4.69, 9.17) is 10.4 Å². The van der Waals surface area contributed by atoms with E-state index in [2.05, 4.69) is 6.07 Å². The smallest absolute Gasteiger partial charge is 0.117 e. The van der Waals surface area contributed by atoms with Gasteiger partial charge in [0, 0.05) is 13.1 Å². The van der Waals surface area contributed by atoms with E-state index in [9.17, 15) is 0 Å². The van der Waals surface area contributed by atoms with Gasteiger partial charge in [0.05, 0.1) is 6.10 Å². The van der Waals surface area contributed by atoms with Crippen molar-refractivity contribution in [2.24, 2.45) is 5.92 Å². The highest BCUT2D eigenvalue weighted by atomic mass is 16.3. The number of rotatable bonds is 2. The molecule has 0 aromatic heterocycles. The number of allylic oxidation sites excluding steroid dienone is 2. The van der Waals surface area contributed by atoms with E-state index in [1.54, 1.807) is 0 Å². The molecule has 66 valence electrons. The molecular formula is C9H14N2O. The van der Waals surface area contributed by atoms with Crippen molar-refractivity contribution in [3.8, 4) is 6.07 Å². The summed E-state index contributed by atoms with van der Waals surface area (Å²) in [6.07, 6.45) is 1.68. The van der Waals surface area contributed by atoms with Gasteiger partial charge in [-0.15, -0.1) is 0 Å². The summed E-state index contributed by atoms with van der Waals surface area (Å²) in [6, 6.07) is 2.13. The Balaban J connectivity index is 2.54. The average molecular weight is 166 g/mol. The van der Waals surface area contributed by atoms with Gasteiger partial charge < -0.3 is 10.0 Å². The molecule has 1 saturated heterocycles. The van der Waals surface area contributed by atoms with Gasteiger partial charge in [0.1, 0.15) is 11.8 Å². The van der Waals surface area contributed by atoms with Crippen LogP contribution >= 0.6 is 0 Å². The highest BCUT2D eigenvalue weighted by Gasteiger charge is 2.25. The first-order valence-electron chi connectivity index (χ1n) is 4.18. The lowest BCUT2D eigenvalue weighted by Gasteiger charge is -2.37. The molecule has 3 nitrogen and oxygen atoms in total. The molecule has 0 radical (unpaired) electrons. The zero-order valence-electron chi connectivity index (χ0n) is 7.49. The Kier molecular flexibility index (Phi) is 2.72. The molecule has 0 spiro atoms. The van der Waals surface area contributed by atoms with Crippen LogP contribution in [0.5, 0.6) is 0 Å². The van der Waals surface area contributed by atoms with E-state index < -0.39 is 0 Å². The summed E-state index contributed by atoms with van der Waals surface area (Å²) in [5, 5.41) is 17.8. The summed E-state index contributed by atoms with van der Waals surface area (Å²) in [5.41, 5.74) is 0.690. The molecule has 1 heterocycles. The lowest BCUT2D eigenvalue weighted by molar-refractivity contribution is 0.0274. The predicted octanol–water partition coefficient (Wildman–Crippen LogP) is 0.726. The monoisotopic (exact) mass is 166 g/mol. The van der Waals surface area contributed by atoms with Gasteiger partial charge in [0.25, 0.3) is 0 Å². The van der Waals surface area contributed by atoms with Gasteiger partial charge in [-0.3, -0.25) is 0 Å². The lowest BCUT2D eigenvalue weighted by Crippen LogP contribution is -2.49. The van der Waals surface area contributed by atoms with Crippen molar-refractivity contribution in [2.45, 2.75) is 20.0 Å². The summed E-state index contributed by atoms with van der Waals surface area (Å²) in [7, 11) is 0. The molecule has 0 aliphatic carbocycles. The summed E-state index contributed by atoms with van der Waals surface area (Å²) in [5.74, 6) is 0.386. The number of hydrogen-bond acceptors (Lipinski definition) is 3. The minimum absolute atomic E-state index is 0.242. The van der Waals surface area contributed by atoms with Crippen molar-refractivity contribution in [3.63, 3.8) is 0 Å². The van der Waals surface area contributed by atoms with E-state index in [1.807, 2.05) is 24.8 Å². The number of hydrogen-bond donors (Lipinski definition) is 1. The van der Waals surface area contributed by atoms with Crippen molar-refractivity contribution in [1.29, 1.82) is 5.26 Å². The van der Waals surface area contributed by atoms with Crippen LogP contribution < -0.4 is 0 Å². The number of aliphatic hydroxyl groups is 1. The molecule has 0 bridgehead atoms. The number of nitriles is 1. The molecule has 1 N–H and O–H groups in total. The van der Waals surface area contributed by atoms with E-state index in [1.165, 1.54) is 0 Å². The van der Waals surface area contributed by atoms with Gasteiger partial charge in [-0.05, 0) is 12.0 Å². The molecule has 3 heteroatoms. The second kappa shape index (κ2) is 3.59. The first-order valence-corrected chi connectivity index (χ1v) is 4.18. The van der Waals surface area contributed by atoms with Gasteiger partial charge >= 0.3 is 0 Å². The third-order valence-corrected chi connectivity index (χ3v) is 1.81. The van der Waals surface area contributed by atoms with Crippen LogP contribution in [-0.4, -0.2) is 29.2 Å². The quantitative estimate of drug-likeness (QED) is 0.615. The zero-order valence-corrected chi connectivity index (χ0v) is 7.49. The van der Waals surface area contributed by atoms with Crippen LogP contribution in [0.15, 0.2) is 11.8 Å². The number of aliphatic hydroxyl groups excluding tert-OH is 1. The van der Waals surface area contributed by atoms with E-state index in [-0.39, 0.29) is 6.10 Å². The third kappa shape index (κ3) is 1.99. The fraction of sp³-hybridized carbons (Fsp3) is 0.667. The van der Waals surface area contributed by atoms with Crippen LogP contribution in [-0.2, 0) is 0 Å². The molecule has 0 unspecified atom stereocenters. The van der Waals surface area contributed by atoms with Crippen molar-refractivity contribution in [3.05, 3.63) is 11.8 Å². The molecule has 1 fully saturated rings. The highest BCUT2D eigenvalue weighted by Crippen LogP contribution is 2.16. The predicted molar refractivity (Wildman–Crippen MR) is 46.1 cm³/mol. The molecular weight excluding hydrogens is 152 g/mol. The van der Waals surface area contributed by atoms with E-state index in [0.29, 0.717) is 24.7 Å². The standard InChI is InChI=1S/C9H14N2O/c1-7(2)3-8(4-10)11-5-9(12)6-11/h3,7,9,12H,5-6H2,1-2H3/b8-3-. The van der Waals surface area contributed by atoms with E-state index >= 15 is 0 Å². The first-order chi connectivity index (χ1) is 5.63. The summed E-state index contributed by atoms with van der Waals surface area (Å²) in [4.78, 5) is 1.89. The average Bonchev–Trinajstić information content (AvgIpc) is 1.94. The summed E-state index contributed by atoms with van der Waals surface area (Å²) >= 11 is 0. The lowest BCUT2D eigenvalue weighted by atomic mass is 10.1. The summed E-state index contributed by atoms with van der Waals surface area (Å²) < 4.78 is 0. The Morgan fingerprint density at radius 1 is 1.67 bits per heavy atom. The minimum atomic E-state index is -0.242. The molecule has 0 atom stereocenters. The highest BCUT2D eigenvalue weighted by molar-refractivity contribution is 5.22. The summed E-state index contributed by atoms with van der Waals surface area (Å²) in [6.45, 7) is 5.28. The Morgan fingerprint density at radius 2 is 2.25 bits per heavy atom. The fourth-order valence-electron chi connectivity index (χ4n) is 1.18. The molecule has 1 aliphatic rings. The van der Waals surface area contributed by atoms with Crippen molar-refractivity contribution in [2.75, 3.05) is 13.1 Å². The molecule has 0 amide bonds. The van der Waals surface area contributed by atoms with Crippen LogP contribution in [0, 0.1) is 17.2 Å². The number of β-amino-alcohol motifs (C(OH)–C–C–N with tert-alkyl or cyclic N) is 1. The van der Waals surface area contributed by atoms with Crippen LogP contribution in [0.4, 0.5) is 0 Å². The second-order valence-corrected chi connectivity index (χ2v) is 3.47. The Labute approximate surface area is 72.9 Å². The molecule has 1 aliphatic heterocycles. The molecule has 0 aromatic rings. The van der Waals surface area contributed by atoms with E-state index in [0.717, 1.165) is 0 Å². The maximum absolute atomic E-state index is 9.02. The molecule has 1 rings (SSSR count). The largest absolute Gasteiger partial charge is 0.389 e. The van der Waals surface area contributed by atoms with Crippen LogP contribution in [0.25, 0.3) is 0 Å². The van der Waals surface area contributed by atoms with Crippen LogP contribution in [0.3, 0.4) is 0 Å². The van der Waals surface area contributed by atoms with Crippen LogP contribution in [0.1, 0.15) is 13.8 Å². The van der Waals surface area contributed by atoms with Crippen molar-refractivity contribution >= 4 is 0 Å². The van der Waals surface area contributed by atoms with Crippen LogP contribution in [0.2, 0.25) is 0 Å². The zero-order chi connectivity index (χ0) is 9.14. The van der Waals surface area contributed by atoms with Gasteiger partial charge in [-0.1, -0.05) is 13.8 Å². The number of likely N-dealkylation sites (tertiary alicyclic amines) is 1. The first kappa shape index (κ1) is 9.08. The third-order valence-electron chi connectivity index (χ3n) is 1.81. The Bertz CT molecular complexity index is 221. The minimum Gasteiger partial charge on any atom is -0.389 e. The van der Waals surface area contributed by atoms with Gasteiger partial charge in [0.15, 0.2) is 0 Å². The topological polar surface area (TPSA) is 47.3 Å². The Morgan fingerprint density at radius 3 is 2.58 bits per heavy atom. The van der Waals surface area contributed by atoms with Gasteiger partial charge in [-0.25, -0.2) is 0 Å². The Hall–Kier alpha value is -1.01. The molecule has 0 aromatic carbocycles. The van der Waals surface area contributed by atoms with Crippen molar-refractivity contribution in [1.82, 2.24) is 4.90 Å². The molecule has 0 saturated carbocycles. The second-order valence-electron chi connectivity index (χ2n) is 3.47. The fourth-order valence-corrected chi connectivity index (χ4v) is 1.18. The molecule has 12 heavy (non-hydrogen) atoms. The maximum atomic E-state index is 9.02. The van der Waals surface area contributed by atoms with Gasteiger partial charge in [-0.2, -0.15) is 5.26 Å².